The molecule has 1 amide bonds. The van der Waals surface area contributed by atoms with Gasteiger partial charge >= 0.3 is 0 Å². The van der Waals surface area contributed by atoms with Crippen LogP contribution >= 0.6 is 0 Å². The van der Waals surface area contributed by atoms with Crippen LogP contribution in [0.2, 0.25) is 0 Å². The van der Waals surface area contributed by atoms with Crippen LogP contribution < -0.4 is 5.32 Å². The van der Waals surface area contributed by atoms with Gasteiger partial charge in [-0.3, -0.25) is 9.36 Å². The van der Waals surface area contributed by atoms with Crippen molar-refractivity contribution in [1.29, 1.82) is 0 Å². The molecule has 0 radical (unpaired) electrons. The number of hydrogen-bond acceptors (Lipinski definition) is 3. The number of aromatic nitrogens is 2. The smallest absolute Gasteiger partial charge is 0.251 e. The summed E-state index contributed by atoms with van der Waals surface area (Å²) in [6.45, 7) is 2.01. The van der Waals surface area contributed by atoms with Gasteiger partial charge in [-0.15, -0.1) is 0 Å². The van der Waals surface area contributed by atoms with Crippen molar-refractivity contribution in [2.24, 2.45) is 0 Å². The fraction of sp³-hybridized carbons (Fsp3) is 0.182. The molecular formula is C22H21N3O2. The Labute approximate surface area is 157 Å². The number of hydrogen-bond donors (Lipinski definition) is 1. The van der Waals surface area contributed by atoms with E-state index in [9.17, 15) is 4.79 Å². The molecule has 0 saturated heterocycles. The van der Waals surface area contributed by atoms with Gasteiger partial charge in [0.1, 0.15) is 12.1 Å². The van der Waals surface area contributed by atoms with Gasteiger partial charge in [0, 0.05) is 23.7 Å². The summed E-state index contributed by atoms with van der Waals surface area (Å²) in [5.74, 6) is 0.872. The summed E-state index contributed by atoms with van der Waals surface area (Å²) in [6.07, 6.45) is 5.11. The third kappa shape index (κ3) is 3.77. The SMILES string of the molecule is C[C@@H](CCc1ccco1)NC(=O)c1ccc(-n2cnc3ccccc32)cc1. The largest absolute Gasteiger partial charge is 0.469 e. The quantitative estimate of drug-likeness (QED) is 0.556. The Bertz CT molecular complexity index is 1030. The molecule has 4 aromatic rings. The molecule has 1 atom stereocenters. The van der Waals surface area contributed by atoms with Crippen LogP contribution in [0, 0.1) is 0 Å². The Morgan fingerprint density at radius 3 is 2.70 bits per heavy atom. The van der Waals surface area contributed by atoms with Crippen molar-refractivity contribution in [3.05, 3.63) is 84.6 Å². The van der Waals surface area contributed by atoms with Gasteiger partial charge in [-0.1, -0.05) is 12.1 Å². The van der Waals surface area contributed by atoms with Crippen LogP contribution in [0.4, 0.5) is 0 Å². The van der Waals surface area contributed by atoms with Gasteiger partial charge in [-0.25, -0.2) is 4.98 Å². The van der Waals surface area contributed by atoms with E-state index < -0.39 is 0 Å². The molecule has 0 aliphatic rings. The summed E-state index contributed by atoms with van der Waals surface area (Å²) < 4.78 is 7.35. The van der Waals surface area contributed by atoms with E-state index in [2.05, 4.69) is 10.3 Å². The normalized spacial score (nSPS) is 12.2. The van der Waals surface area contributed by atoms with E-state index in [4.69, 9.17) is 4.42 Å². The average Bonchev–Trinajstić information content (AvgIpc) is 3.36. The van der Waals surface area contributed by atoms with Crippen molar-refractivity contribution < 1.29 is 9.21 Å². The zero-order chi connectivity index (χ0) is 18.6. The zero-order valence-electron chi connectivity index (χ0n) is 15.1. The summed E-state index contributed by atoms with van der Waals surface area (Å²) in [4.78, 5) is 16.9. The summed E-state index contributed by atoms with van der Waals surface area (Å²) in [6, 6.07) is 19.5. The molecule has 0 unspecified atom stereocenters. The first kappa shape index (κ1) is 17.1. The maximum Gasteiger partial charge on any atom is 0.251 e. The lowest BCUT2D eigenvalue weighted by molar-refractivity contribution is 0.0938. The molecule has 1 N–H and O–H groups in total. The highest BCUT2D eigenvalue weighted by Gasteiger charge is 2.11. The number of fused-ring (bicyclic) bond motifs is 1. The maximum absolute atomic E-state index is 12.5. The van der Waals surface area contributed by atoms with Crippen molar-refractivity contribution >= 4 is 16.9 Å². The van der Waals surface area contributed by atoms with Gasteiger partial charge < -0.3 is 9.73 Å². The second-order valence-electron chi connectivity index (χ2n) is 6.64. The van der Waals surface area contributed by atoms with Gasteiger partial charge in [0.05, 0.1) is 17.3 Å². The highest BCUT2D eigenvalue weighted by atomic mass is 16.3. The van der Waals surface area contributed by atoms with Crippen LogP contribution in [-0.4, -0.2) is 21.5 Å². The van der Waals surface area contributed by atoms with Crippen molar-refractivity contribution in [2.45, 2.75) is 25.8 Å². The minimum absolute atomic E-state index is 0.0658. The van der Waals surface area contributed by atoms with Crippen LogP contribution in [0.3, 0.4) is 0 Å². The predicted octanol–water partition coefficient (Wildman–Crippen LogP) is 4.37. The van der Waals surface area contributed by atoms with Gasteiger partial charge in [-0.05, 0) is 61.9 Å². The first-order valence-corrected chi connectivity index (χ1v) is 9.06. The molecule has 0 aliphatic heterocycles. The lowest BCUT2D eigenvalue weighted by Crippen LogP contribution is -2.32. The van der Waals surface area contributed by atoms with E-state index >= 15 is 0 Å². The molecule has 0 bridgehead atoms. The molecule has 0 aliphatic carbocycles. The molecule has 0 spiro atoms. The standard InChI is InChI=1S/C22H21N3O2/c1-16(8-13-19-5-4-14-27-19)24-22(26)17-9-11-18(12-10-17)25-15-23-20-6-2-3-7-21(20)25/h2-7,9-12,14-16H,8,13H2,1H3,(H,24,26)/t16-/m0/s1. The molecule has 0 fully saturated rings. The number of para-hydroxylation sites is 2. The molecule has 136 valence electrons. The lowest BCUT2D eigenvalue weighted by atomic mass is 10.1. The minimum atomic E-state index is -0.0658. The summed E-state index contributed by atoms with van der Waals surface area (Å²) in [5, 5.41) is 3.04. The summed E-state index contributed by atoms with van der Waals surface area (Å²) >= 11 is 0. The van der Waals surface area contributed by atoms with E-state index in [1.54, 1.807) is 12.6 Å². The van der Waals surface area contributed by atoms with Crippen molar-refractivity contribution in [3.63, 3.8) is 0 Å². The van der Waals surface area contributed by atoms with E-state index in [1.807, 2.05) is 72.2 Å². The number of nitrogens with one attached hydrogen (secondary N) is 1. The summed E-state index contributed by atoms with van der Waals surface area (Å²) in [7, 11) is 0. The van der Waals surface area contributed by atoms with Gasteiger partial charge in [0.15, 0.2) is 0 Å². The number of rotatable bonds is 6. The van der Waals surface area contributed by atoms with E-state index in [0.29, 0.717) is 5.56 Å². The first-order valence-electron chi connectivity index (χ1n) is 9.06. The van der Waals surface area contributed by atoms with Crippen LogP contribution in [0.1, 0.15) is 29.5 Å². The second kappa shape index (κ2) is 7.50. The average molecular weight is 359 g/mol. The molecule has 5 nitrogen and oxygen atoms in total. The molecule has 2 aromatic carbocycles. The Morgan fingerprint density at radius 2 is 1.93 bits per heavy atom. The molecule has 0 saturated carbocycles. The Kier molecular flexibility index (Phi) is 4.75. The maximum atomic E-state index is 12.5. The van der Waals surface area contributed by atoms with Crippen molar-refractivity contribution in [1.82, 2.24) is 14.9 Å². The zero-order valence-corrected chi connectivity index (χ0v) is 15.1. The van der Waals surface area contributed by atoms with Crippen LogP contribution in [0.15, 0.2) is 77.7 Å². The molecule has 27 heavy (non-hydrogen) atoms. The topological polar surface area (TPSA) is 60.1 Å². The molecule has 2 aromatic heterocycles. The fourth-order valence-electron chi connectivity index (χ4n) is 3.13. The monoisotopic (exact) mass is 359 g/mol. The number of carbonyl (C=O) groups excluding carboxylic acids is 1. The van der Waals surface area contributed by atoms with E-state index in [0.717, 1.165) is 35.3 Å². The van der Waals surface area contributed by atoms with E-state index in [1.165, 1.54) is 0 Å². The highest BCUT2D eigenvalue weighted by Crippen LogP contribution is 2.18. The van der Waals surface area contributed by atoms with E-state index in [-0.39, 0.29) is 11.9 Å². The van der Waals surface area contributed by atoms with Gasteiger partial charge in [0.2, 0.25) is 0 Å². The fourth-order valence-corrected chi connectivity index (χ4v) is 3.13. The number of imidazole rings is 1. The van der Waals surface area contributed by atoms with Gasteiger partial charge in [-0.2, -0.15) is 0 Å². The van der Waals surface area contributed by atoms with Crippen LogP contribution in [0.25, 0.3) is 16.7 Å². The Morgan fingerprint density at radius 1 is 1.11 bits per heavy atom. The molecule has 2 heterocycles. The predicted molar refractivity (Wildman–Crippen MR) is 105 cm³/mol. The Balaban J connectivity index is 1.41. The number of benzene rings is 2. The molecule has 4 rings (SSSR count). The van der Waals surface area contributed by atoms with Crippen LogP contribution in [-0.2, 0) is 6.42 Å². The molecule has 5 heteroatoms. The summed E-state index contributed by atoms with van der Waals surface area (Å²) in [5.41, 5.74) is 3.62. The number of amides is 1. The highest BCUT2D eigenvalue weighted by molar-refractivity contribution is 5.94. The van der Waals surface area contributed by atoms with Gasteiger partial charge in [0.25, 0.3) is 5.91 Å². The van der Waals surface area contributed by atoms with Crippen molar-refractivity contribution in [3.8, 4) is 5.69 Å². The minimum Gasteiger partial charge on any atom is -0.469 e. The number of nitrogens with zero attached hydrogens (tertiary/aromatic N) is 2. The third-order valence-electron chi connectivity index (χ3n) is 4.64. The number of furan rings is 1. The number of aryl methyl sites for hydroxylation is 1. The molecular weight excluding hydrogens is 338 g/mol. The van der Waals surface area contributed by atoms with Crippen molar-refractivity contribution in [2.75, 3.05) is 0 Å². The third-order valence-corrected chi connectivity index (χ3v) is 4.64. The lowest BCUT2D eigenvalue weighted by Gasteiger charge is -2.13. The Hall–Kier alpha value is -3.34. The number of carbonyl (C=O) groups is 1. The second-order valence-corrected chi connectivity index (χ2v) is 6.64. The first-order chi connectivity index (χ1) is 13.2. The van der Waals surface area contributed by atoms with Crippen LogP contribution in [0.5, 0.6) is 0 Å².